The van der Waals surface area contributed by atoms with Crippen LogP contribution in [0.4, 0.5) is 0 Å². The van der Waals surface area contributed by atoms with E-state index in [1.807, 2.05) is 13.8 Å². The summed E-state index contributed by atoms with van der Waals surface area (Å²) >= 11 is 0. The number of rotatable bonds is 1. The van der Waals surface area contributed by atoms with Crippen LogP contribution in [0.25, 0.3) is 0 Å². The highest BCUT2D eigenvalue weighted by Gasteiger charge is 2.14. The van der Waals surface area contributed by atoms with E-state index in [1.165, 1.54) is 12.2 Å². The third kappa shape index (κ3) is 1.61. The summed E-state index contributed by atoms with van der Waals surface area (Å²) in [5.74, 6) is 0.164. The maximum atomic E-state index is 11.2. The fourth-order valence-electron chi connectivity index (χ4n) is 1.05. The lowest BCUT2D eigenvalue weighted by atomic mass is 9.94. The Bertz CT molecular complexity index is 285. The average Bonchev–Trinajstić information content (AvgIpc) is 2.05. The van der Waals surface area contributed by atoms with Crippen LogP contribution in [0.2, 0.25) is 0 Å². The number of hydrogen-bond donors (Lipinski definition) is 1. The topological polar surface area (TPSA) is 49.7 Å². The fourth-order valence-corrected chi connectivity index (χ4v) is 1.05. The van der Waals surface area contributed by atoms with E-state index in [1.54, 1.807) is 6.08 Å². The molecule has 0 aromatic heterocycles. The van der Waals surface area contributed by atoms with Crippen LogP contribution in [0.15, 0.2) is 29.0 Å². The standard InChI is InChI=1S/C9H11NO2/c1-6(2)8-5-7(10-12)3-4-9(8)11/h3-6,12H,1-2H3/b10-7+. The molecular formula is C9H11NO2. The lowest BCUT2D eigenvalue weighted by Gasteiger charge is -2.10. The van der Waals surface area contributed by atoms with Crippen LogP contribution >= 0.6 is 0 Å². The van der Waals surface area contributed by atoms with Gasteiger partial charge in [0.25, 0.3) is 0 Å². The van der Waals surface area contributed by atoms with Crippen LogP contribution in [-0.2, 0) is 4.79 Å². The molecule has 0 saturated heterocycles. The molecule has 1 rings (SSSR count). The summed E-state index contributed by atoms with van der Waals surface area (Å²) < 4.78 is 0. The molecule has 0 aliphatic heterocycles. The molecule has 3 heteroatoms. The number of ketones is 1. The molecule has 0 aromatic carbocycles. The van der Waals surface area contributed by atoms with Crippen molar-refractivity contribution in [3.63, 3.8) is 0 Å². The molecule has 0 atom stereocenters. The molecule has 12 heavy (non-hydrogen) atoms. The minimum atomic E-state index is -0.00241. The second-order valence-electron chi connectivity index (χ2n) is 2.98. The van der Waals surface area contributed by atoms with Crippen molar-refractivity contribution < 1.29 is 10.0 Å². The van der Waals surface area contributed by atoms with Crippen LogP contribution in [0.3, 0.4) is 0 Å². The minimum Gasteiger partial charge on any atom is -0.410 e. The summed E-state index contributed by atoms with van der Waals surface area (Å²) in [6.07, 6.45) is 4.52. The number of nitrogens with zero attached hydrogens (tertiary/aromatic N) is 1. The molecule has 0 aromatic rings. The van der Waals surface area contributed by atoms with Gasteiger partial charge in [-0.05, 0) is 24.1 Å². The van der Waals surface area contributed by atoms with E-state index < -0.39 is 0 Å². The number of oxime groups is 1. The average molecular weight is 165 g/mol. The first-order chi connectivity index (χ1) is 5.65. The zero-order chi connectivity index (χ0) is 9.14. The van der Waals surface area contributed by atoms with E-state index in [4.69, 9.17) is 5.21 Å². The first-order valence-corrected chi connectivity index (χ1v) is 3.81. The zero-order valence-corrected chi connectivity index (χ0v) is 7.11. The monoisotopic (exact) mass is 165 g/mol. The van der Waals surface area contributed by atoms with Gasteiger partial charge in [0.2, 0.25) is 0 Å². The Balaban J connectivity index is 2.98. The van der Waals surface area contributed by atoms with Gasteiger partial charge in [0.15, 0.2) is 5.78 Å². The van der Waals surface area contributed by atoms with Gasteiger partial charge in [0, 0.05) is 5.57 Å². The summed E-state index contributed by atoms with van der Waals surface area (Å²) in [6.45, 7) is 3.86. The van der Waals surface area contributed by atoms with Gasteiger partial charge < -0.3 is 5.21 Å². The van der Waals surface area contributed by atoms with Gasteiger partial charge in [0.05, 0.1) is 0 Å². The predicted molar refractivity (Wildman–Crippen MR) is 46.3 cm³/mol. The van der Waals surface area contributed by atoms with E-state index in [2.05, 4.69) is 5.16 Å². The lowest BCUT2D eigenvalue weighted by Crippen LogP contribution is -2.12. The highest BCUT2D eigenvalue weighted by Crippen LogP contribution is 2.15. The fraction of sp³-hybridized carbons (Fsp3) is 0.333. The maximum Gasteiger partial charge on any atom is 0.182 e. The van der Waals surface area contributed by atoms with Gasteiger partial charge in [-0.15, -0.1) is 0 Å². The van der Waals surface area contributed by atoms with Crippen molar-refractivity contribution in [2.45, 2.75) is 13.8 Å². The molecule has 0 radical (unpaired) electrons. The molecule has 0 unspecified atom stereocenters. The van der Waals surface area contributed by atoms with Crippen molar-refractivity contribution in [2.75, 3.05) is 0 Å². The summed E-state index contributed by atoms with van der Waals surface area (Å²) in [7, 11) is 0. The molecule has 0 fully saturated rings. The molecule has 1 aliphatic carbocycles. The highest BCUT2D eigenvalue weighted by molar-refractivity contribution is 6.19. The first-order valence-electron chi connectivity index (χ1n) is 3.81. The normalized spacial score (nSPS) is 20.4. The second kappa shape index (κ2) is 3.34. The Kier molecular flexibility index (Phi) is 2.43. The molecule has 3 nitrogen and oxygen atoms in total. The van der Waals surface area contributed by atoms with Crippen LogP contribution < -0.4 is 0 Å². The van der Waals surface area contributed by atoms with E-state index in [0.29, 0.717) is 11.3 Å². The van der Waals surface area contributed by atoms with Gasteiger partial charge in [-0.2, -0.15) is 0 Å². The SMILES string of the molecule is CC(C)C1=C/C(=N/O)C=CC1=O. The molecule has 64 valence electrons. The Morgan fingerprint density at radius 2 is 2.08 bits per heavy atom. The van der Waals surface area contributed by atoms with Gasteiger partial charge >= 0.3 is 0 Å². The molecule has 0 spiro atoms. The van der Waals surface area contributed by atoms with Gasteiger partial charge in [-0.3, -0.25) is 4.79 Å². The Hall–Kier alpha value is -1.38. The predicted octanol–water partition coefficient (Wildman–Crippen LogP) is 1.54. The van der Waals surface area contributed by atoms with E-state index in [0.717, 1.165) is 0 Å². The largest absolute Gasteiger partial charge is 0.410 e. The molecule has 0 saturated carbocycles. The number of carbonyl (C=O) groups is 1. The lowest BCUT2D eigenvalue weighted by molar-refractivity contribution is -0.111. The molecule has 0 amide bonds. The molecular weight excluding hydrogens is 154 g/mol. The van der Waals surface area contributed by atoms with Crippen molar-refractivity contribution in [3.05, 3.63) is 23.8 Å². The second-order valence-corrected chi connectivity index (χ2v) is 2.98. The first kappa shape index (κ1) is 8.71. The van der Waals surface area contributed by atoms with Crippen LogP contribution in [0.5, 0.6) is 0 Å². The van der Waals surface area contributed by atoms with Gasteiger partial charge in [0.1, 0.15) is 5.71 Å². The van der Waals surface area contributed by atoms with E-state index in [-0.39, 0.29) is 11.7 Å². The van der Waals surface area contributed by atoms with Crippen molar-refractivity contribution in [1.29, 1.82) is 0 Å². The minimum absolute atomic E-state index is 0.00241. The van der Waals surface area contributed by atoms with Gasteiger partial charge in [-0.1, -0.05) is 19.0 Å². The maximum absolute atomic E-state index is 11.2. The van der Waals surface area contributed by atoms with E-state index in [9.17, 15) is 4.79 Å². The highest BCUT2D eigenvalue weighted by atomic mass is 16.4. The number of allylic oxidation sites excluding steroid dienone is 4. The number of carbonyl (C=O) groups excluding carboxylic acids is 1. The van der Waals surface area contributed by atoms with Crippen LogP contribution in [0.1, 0.15) is 13.8 Å². The third-order valence-electron chi connectivity index (χ3n) is 1.73. The molecule has 1 N–H and O–H groups in total. The van der Waals surface area contributed by atoms with Crippen molar-refractivity contribution >= 4 is 11.5 Å². The van der Waals surface area contributed by atoms with Gasteiger partial charge in [-0.25, -0.2) is 0 Å². The van der Waals surface area contributed by atoms with Crippen molar-refractivity contribution in [3.8, 4) is 0 Å². The smallest absolute Gasteiger partial charge is 0.182 e. The summed E-state index contributed by atoms with van der Waals surface area (Å²) in [5.41, 5.74) is 1.11. The van der Waals surface area contributed by atoms with E-state index >= 15 is 0 Å². The Labute approximate surface area is 71.1 Å². The van der Waals surface area contributed by atoms with Crippen LogP contribution in [0, 0.1) is 5.92 Å². The van der Waals surface area contributed by atoms with Crippen LogP contribution in [-0.4, -0.2) is 16.7 Å². The summed E-state index contributed by atoms with van der Waals surface area (Å²) in [5, 5.41) is 11.5. The molecule has 0 bridgehead atoms. The Morgan fingerprint density at radius 3 is 2.58 bits per heavy atom. The Morgan fingerprint density at radius 1 is 1.42 bits per heavy atom. The molecule has 0 heterocycles. The zero-order valence-electron chi connectivity index (χ0n) is 7.11. The quantitative estimate of drug-likeness (QED) is 0.364. The van der Waals surface area contributed by atoms with Crippen molar-refractivity contribution in [1.82, 2.24) is 0 Å². The molecule has 1 aliphatic rings. The number of hydrogen-bond acceptors (Lipinski definition) is 3. The summed E-state index contributed by atoms with van der Waals surface area (Å²) in [4.78, 5) is 11.2. The third-order valence-corrected chi connectivity index (χ3v) is 1.73. The summed E-state index contributed by atoms with van der Waals surface area (Å²) in [6, 6.07) is 0. The van der Waals surface area contributed by atoms with Crippen molar-refractivity contribution in [2.24, 2.45) is 11.1 Å².